The van der Waals surface area contributed by atoms with Crippen molar-refractivity contribution in [2.24, 2.45) is 0 Å². The van der Waals surface area contributed by atoms with Gasteiger partial charge in [-0.15, -0.1) is 0 Å². The lowest BCUT2D eigenvalue weighted by Gasteiger charge is -2.11. The van der Waals surface area contributed by atoms with E-state index in [1.165, 1.54) is 0 Å². The fraction of sp³-hybridized carbons (Fsp3) is 0.700. The third-order valence-electron chi connectivity index (χ3n) is 4.96. The van der Waals surface area contributed by atoms with E-state index in [9.17, 15) is 8.42 Å². The molecule has 152 valence electrons. The Morgan fingerprint density at radius 1 is 1.04 bits per heavy atom. The molecule has 2 rings (SSSR count). The van der Waals surface area contributed by atoms with E-state index in [0.29, 0.717) is 17.3 Å². The van der Waals surface area contributed by atoms with Crippen molar-refractivity contribution >= 4 is 26.7 Å². The fourth-order valence-corrected chi connectivity index (χ4v) is 4.94. The second-order valence-corrected chi connectivity index (χ2v) is 9.68. The standard InChI is InChI=1S/C20H34N4O2S/c1-4-6-11-17-23-18-19(16(3)15-22-20(18)21)24(17)12-9-8-10-14-27(25,26)13-7-5-2/h15H,4-14H2,1-3H3,(H2,21,22). The fourth-order valence-electron chi connectivity index (χ4n) is 3.37. The van der Waals surface area contributed by atoms with Crippen LogP contribution in [0.1, 0.15) is 70.2 Å². The summed E-state index contributed by atoms with van der Waals surface area (Å²) in [6.45, 7) is 7.07. The first-order chi connectivity index (χ1) is 12.9. The molecule has 0 radical (unpaired) electrons. The highest BCUT2D eigenvalue weighted by Crippen LogP contribution is 2.25. The van der Waals surface area contributed by atoms with Gasteiger partial charge < -0.3 is 10.3 Å². The summed E-state index contributed by atoms with van der Waals surface area (Å²) < 4.78 is 26.2. The van der Waals surface area contributed by atoms with Crippen molar-refractivity contribution in [3.05, 3.63) is 17.6 Å². The Morgan fingerprint density at radius 2 is 1.74 bits per heavy atom. The first-order valence-electron chi connectivity index (χ1n) is 10.2. The van der Waals surface area contributed by atoms with Crippen molar-refractivity contribution in [2.75, 3.05) is 17.2 Å². The second kappa shape index (κ2) is 10.1. The number of pyridine rings is 1. The maximum atomic E-state index is 12.0. The van der Waals surface area contributed by atoms with Gasteiger partial charge in [-0.3, -0.25) is 0 Å². The summed E-state index contributed by atoms with van der Waals surface area (Å²) in [7, 11) is -2.89. The number of imidazole rings is 1. The number of hydrogen-bond acceptors (Lipinski definition) is 5. The van der Waals surface area contributed by atoms with Crippen LogP contribution in [-0.2, 0) is 22.8 Å². The number of sulfone groups is 1. The van der Waals surface area contributed by atoms with E-state index in [-0.39, 0.29) is 0 Å². The van der Waals surface area contributed by atoms with Gasteiger partial charge in [0, 0.05) is 19.2 Å². The minimum atomic E-state index is -2.89. The average Bonchev–Trinajstić information content (AvgIpc) is 3.01. The Labute approximate surface area is 163 Å². The predicted molar refractivity (Wildman–Crippen MR) is 113 cm³/mol. The molecule has 0 atom stereocenters. The zero-order valence-corrected chi connectivity index (χ0v) is 17.8. The van der Waals surface area contributed by atoms with Crippen LogP contribution in [0.15, 0.2) is 6.20 Å². The van der Waals surface area contributed by atoms with Crippen LogP contribution in [-0.4, -0.2) is 34.5 Å². The second-order valence-electron chi connectivity index (χ2n) is 7.37. The topological polar surface area (TPSA) is 90.9 Å². The molecule has 27 heavy (non-hydrogen) atoms. The number of fused-ring (bicyclic) bond motifs is 1. The molecule has 2 heterocycles. The van der Waals surface area contributed by atoms with Crippen molar-refractivity contribution in [2.45, 2.75) is 78.7 Å². The monoisotopic (exact) mass is 394 g/mol. The molecule has 2 N–H and O–H groups in total. The van der Waals surface area contributed by atoms with Crippen LogP contribution < -0.4 is 5.73 Å². The van der Waals surface area contributed by atoms with Gasteiger partial charge in [0.15, 0.2) is 5.82 Å². The molecule has 0 amide bonds. The summed E-state index contributed by atoms with van der Waals surface area (Å²) >= 11 is 0. The first-order valence-corrected chi connectivity index (χ1v) is 12.0. The van der Waals surface area contributed by atoms with Crippen molar-refractivity contribution < 1.29 is 8.42 Å². The Kier molecular flexibility index (Phi) is 8.07. The lowest BCUT2D eigenvalue weighted by molar-refractivity contribution is 0.568. The molecule has 6 nitrogen and oxygen atoms in total. The van der Waals surface area contributed by atoms with Crippen LogP contribution in [0.3, 0.4) is 0 Å². The summed E-state index contributed by atoms with van der Waals surface area (Å²) in [5.74, 6) is 2.16. The smallest absolute Gasteiger partial charge is 0.151 e. The van der Waals surface area contributed by atoms with E-state index < -0.39 is 9.84 Å². The van der Waals surface area contributed by atoms with E-state index in [4.69, 9.17) is 10.7 Å². The maximum Gasteiger partial charge on any atom is 0.151 e. The van der Waals surface area contributed by atoms with E-state index in [0.717, 1.165) is 80.3 Å². The normalized spacial score (nSPS) is 12.1. The van der Waals surface area contributed by atoms with Gasteiger partial charge in [-0.1, -0.05) is 33.1 Å². The van der Waals surface area contributed by atoms with Crippen LogP contribution in [0.25, 0.3) is 11.0 Å². The number of unbranched alkanes of at least 4 members (excludes halogenated alkanes) is 4. The van der Waals surface area contributed by atoms with E-state index in [1.54, 1.807) is 6.20 Å². The number of anilines is 1. The Morgan fingerprint density at radius 3 is 2.44 bits per heavy atom. The van der Waals surface area contributed by atoms with Gasteiger partial charge in [0.2, 0.25) is 0 Å². The molecule has 7 heteroatoms. The lowest BCUT2D eigenvalue weighted by Crippen LogP contribution is -2.11. The Hall–Kier alpha value is -1.63. The zero-order valence-electron chi connectivity index (χ0n) is 17.0. The molecule has 0 aliphatic rings. The van der Waals surface area contributed by atoms with E-state index in [2.05, 4.69) is 16.5 Å². The summed E-state index contributed by atoms with van der Waals surface area (Å²) in [6, 6.07) is 0. The maximum absolute atomic E-state index is 12.0. The molecule has 0 unspecified atom stereocenters. The third-order valence-corrected chi connectivity index (χ3v) is 6.78. The first kappa shape index (κ1) is 21.7. The zero-order chi connectivity index (χ0) is 19.9. The number of nitrogens with two attached hydrogens (primary N) is 1. The highest BCUT2D eigenvalue weighted by Gasteiger charge is 2.15. The van der Waals surface area contributed by atoms with Crippen LogP contribution in [0.5, 0.6) is 0 Å². The van der Waals surface area contributed by atoms with E-state index in [1.807, 2.05) is 13.8 Å². The summed E-state index contributed by atoms with van der Waals surface area (Å²) in [5.41, 5.74) is 8.99. The number of aryl methyl sites for hydroxylation is 3. The highest BCUT2D eigenvalue weighted by molar-refractivity contribution is 7.91. The van der Waals surface area contributed by atoms with Gasteiger partial charge in [0.1, 0.15) is 21.2 Å². The van der Waals surface area contributed by atoms with Gasteiger partial charge >= 0.3 is 0 Å². The predicted octanol–water partition coefficient (Wildman–Crippen LogP) is 4.05. The van der Waals surface area contributed by atoms with Crippen molar-refractivity contribution in [3.8, 4) is 0 Å². The molecule has 0 spiro atoms. The molecule has 0 saturated heterocycles. The number of rotatable bonds is 12. The van der Waals surface area contributed by atoms with Gasteiger partial charge in [-0.2, -0.15) is 0 Å². The molecule has 0 fully saturated rings. The number of nitrogen functional groups attached to an aromatic ring is 1. The van der Waals surface area contributed by atoms with E-state index >= 15 is 0 Å². The van der Waals surface area contributed by atoms with Crippen LogP contribution in [0, 0.1) is 6.92 Å². The number of nitrogens with zero attached hydrogens (tertiary/aromatic N) is 3. The van der Waals surface area contributed by atoms with Gasteiger partial charge in [0.25, 0.3) is 0 Å². The molecule has 0 aromatic carbocycles. The molecule has 0 aliphatic carbocycles. The number of aromatic nitrogens is 3. The molecular formula is C20H34N4O2S. The van der Waals surface area contributed by atoms with Gasteiger partial charge in [-0.25, -0.2) is 18.4 Å². The van der Waals surface area contributed by atoms with Gasteiger partial charge in [-0.05, 0) is 38.2 Å². The molecule has 2 aromatic heterocycles. The van der Waals surface area contributed by atoms with Gasteiger partial charge in [0.05, 0.1) is 17.0 Å². The number of hydrogen-bond donors (Lipinski definition) is 1. The van der Waals surface area contributed by atoms with Crippen LogP contribution in [0.2, 0.25) is 0 Å². The van der Waals surface area contributed by atoms with Crippen LogP contribution >= 0.6 is 0 Å². The molecule has 0 saturated carbocycles. The SMILES string of the molecule is CCCCc1nc2c(N)ncc(C)c2n1CCCCCS(=O)(=O)CCCC. The quantitative estimate of drug-likeness (QED) is 0.548. The summed E-state index contributed by atoms with van der Waals surface area (Å²) in [4.78, 5) is 9.00. The molecule has 0 bridgehead atoms. The van der Waals surface area contributed by atoms with Crippen molar-refractivity contribution in [1.82, 2.24) is 14.5 Å². The minimum absolute atomic E-state index is 0.302. The van der Waals surface area contributed by atoms with Crippen molar-refractivity contribution in [1.29, 1.82) is 0 Å². The summed E-state index contributed by atoms with van der Waals surface area (Å²) in [6.07, 6.45) is 9.19. The Bertz CT molecular complexity index is 843. The largest absolute Gasteiger partial charge is 0.382 e. The van der Waals surface area contributed by atoms with Crippen LogP contribution in [0.4, 0.5) is 5.82 Å². The minimum Gasteiger partial charge on any atom is -0.382 e. The third kappa shape index (κ3) is 5.92. The Balaban J connectivity index is 2.03. The molecule has 2 aromatic rings. The molecular weight excluding hydrogens is 360 g/mol. The summed E-state index contributed by atoms with van der Waals surface area (Å²) in [5, 5.41) is 0. The van der Waals surface area contributed by atoms with Crippen molar-refractivity contribution in [3.63, 3.8) is 0 Å². The highest BCUT2D eigenvalue weighted by atomic mass is 32.2. The lowest BCUT2D eigenvalue weighted by atomic mass is 10.2. The average molecular weight is 395 g/mol. The molecule has 0 aliphatic heterocycles.